The molecule has 0 atom stereocenters. The quantitative estimate of drug-likeness (QED) is 0.397. The number of amides is 1. The van der Waals surface area contributed by atoms with Gasteiger partial charge in [0.25, 0.3) is 11.6 Å². The van der Waals surface area contributed by atoms with Crippen LogP contribution in [0.1, 0.15) is 37.8 Å². The van der Waals surface area contributed by atoms with Crippen molar-refractivity contribution < 1.29 is 14.5 Å². The highest BCUT2D eigenvalue weighted by atomic mass is 79.9. The number of ether oxygens (including phenoxy) is 1. The molecule has 0 unspecified atom stereocenters. The van der Waals surface area contributed by atoms with Crippen molar-refractivity contribution in [3.63, 3.8) is 0 Å². The molecule has 0 heterocycles. The first-order valence-electron chi connectivity index (χ1n) is 8.28. The fraction of sp³-hybridized carbons (Fsp3) is 0.263. The Bertz CT molecular complexity index is 864. The van der Waals surface area contributed by atoms with Crippen LogP contribution in [0.5, 0.6) is 5.75 Å². The predicted octanol–water partition coefficient (Wildman–Crippen LogP) is 4.40. The summed E-state index contributed by atoms with van der Waals surface area (Å²) in [4.78, 5) is 22.1. The van der Waals surface area contributed by atoms with Gasteiger partial charge in [-0.2, -0.15) is 5.10 Å². The van der Waals surface area contributed by atoms with E-state index >= 15 is 0 Å². The van der Waals surface area contributed by atoms with E-state index in [2.05, 4.69) is 40.3 Å². The summed E-state index contributed by atoms with van der Waals surface area (Å²) in [6.07, 6.45) is 0. The lowest BCUT2D eigenvalue weighted by atomic mass is 10.0. The standard InChI is InChI=1S/C19H20BrN3O4/c1-12(2)15-6-9-18(17(20)10-15)27-11-19(24)22-21-13(3)14-4-7-16(8-5-14)23(25)26/h4-10,12H,11H2,1-3H3,(H,22,24)/b21-13-. The molecule has 1 N–H and O–H groups in total. The SMILES string of the molecule is C/C(=N/NC(=O)COc1ccc(C(C)C)cc1Br)c1ccc([N+](=O)[O-])cc1. The second-order valence-electron chi connectivity index (χ2n) is 6.17. The largest absolute Gasteiger partial charge is 0.483 e. The molecule has 7 nitrogen and oxygen atoms in total. The molecule has 2 aromatic rings. The summed E-state index contributed by atoms with van der Waals surface area (Å²) in [6, 6.07) is 11.7. The smallest absolute Gasteiger partial charge is 0.277 e. The highest BCUT2D eigenvalue weighted by molar-refractivity contribution is 9.10. The Labute approximate surface area is 165 Å². The zero-order valence-electron chi connectivity index (χ0n) is 15.2. The van der Waals surface area contributed by atoms with Gasteiger partial charge < -0.3 is 4.74 Å². The number of nitro groups is 1. The number of carbonyl (C=O) groups excluding carboxylic acids is 1. The van der Waals surface area contributed by atoms with Gasteiger partial charge in [0.2, 0.25) is 0 Å². The second-order valence-corrected chi connectivity index (χ2v) is 7.02. The fourth-order valence-electron chi connectivity index (χ4n) is 2.20. The Kier molecular flexibility index (Phi) is 7.06. The van der Waals surface area contributed by atoms with Crippen LogP contribution in [0.4, 0.5) is 5.69 Å². The summed E-state index contributed by atoms with van der Waals surface area (Å²) >= 11 is 3.44. The number of carbonyl (C=O) groups is 1. The molecule has 0 aliphatic rings. The molecule has 142 valence electrons. The number of non-ortho nitro benzene ring substituents is 1. The van der Waals surface area contributed by atoms with E-state index in [1.54, 1.807) is 19.1 Å². The lowest BCUT2D eigenvalue weighted by Gasteiger charge is -2.11. The first-order chi connectivity index (χ1) is 12.8. The van der Waals surface area contributed by atoms with Gasteiger partial charge in [0.15, 0.2) is 6.61 Å². The van der Waals surface area contributed by atoms with Crippen LogP contribution in [0.2, 0.25) is 0 Å². The van der Waals surface area contributed by atoms with Gasteiger partial charge in [-0.25, -0.2) is 5.43 Å². The lowest BCUT2D eigenvalue weighted by molar-refractivity contribution is -0.384. The minimum absolute atomic E-state index is 0.00181. The zero-order chi connectivity index (χ0) is 20.0. The van der Waals surface area contributed by atoms with Crippen LogP contribution < -0.4 is 10.2 Å². The van der Waals surface area contributed by atoms with E-state index in [0.717, 1.165) is 4.47 Å². The molecule has 8 heteroatoms. The van der Waals surface area contributed by atoms with Gasteiger partial charge >= 0.3 is 0 Å². The number of hydrogen-bond acceptors (Lipinski definition) is 5. The average molecular weight is 434 g/mol. The third kappa shape index (κ3) is 5.89. The molecule has 0 saturated heterocycles. The molecule has 0 aliphatic heterocycles. The maximum atomic E-state index is 11.9. The van der Waals surface area contributed by atoms with E-state index in [1.165, 1.54) is 17.7 Å². The van der Waals surface area contributed by atoms with Crippen molar-refractivity contribution in [1.29, 1.82) is 0 Å². The van der Waals surface area contributed by atoms with Crippen molar-refractivity contribution in [1.82, 2.24) is 5.43 Å². The van der Waals surface area contributed by atoms with Crippen LogP contribution in [-0.4, -0.2) is 23.1 Å². The van der Waals surface area contributed by atoms with E-state index in [0.29, 0.717) is 22.9 Å². The molecule has 2 rings (SSSR count). The summed E-state index contributed by atoms with van der Waals surface area (Å²) in [5, 5.41) is 14.7. The Hall–Kier alpha value is -2.74. The molecule has 0 fully saturated rings. The molecule has 2 aromatic carbocycles. The Balaban J connectivity index is 1.91. The first kappa shape index (κ1) is 20.6. The summed E-state index contributed by atoms with van der Waals surface area (Å²) in [5.74, 6) is 0.567. The molecule has 27 heavy (non-hydrogen) atoms. The molecule has 0 aliphatic carbocycles. The number of nitrogens with one attached hydrogen (secondary N) is 1. The number of nitrogens with zero attached hydrogens (tertiary/aromatic N) is 2. The van der Waals surface area contributed by atoms with E-state index in [4.69, 9.17) is 4.74 Å². The van der Waals surface area contributed by atoms with E-state index in [1.807, 2.05) is 18.2 Å². The molecule has 0 bridgehead atoms. The van der Waals surface area contributed by atoms with E-state index < -0.39 is 10.8 Å². The van der Waals surface area contributed by atoms with Crippen molar-refractivity contribution >= 4 is 33.2 Å². The van der Waals surface area contributed by atoms with Crippen molar-refractivity contribution in [3.8, 4) is 5.75 Å². The van der Waals surface area contributed by atoms with Gasteiger partial charge in [-0.05, 0) is 64.2 Å². The number of hydrogen-bond donors (Lipinski definition) is 1. The van der Waals surface area contributed by atoms with Crippen LogP contribution in [-0.2, 0) is 4.79 Å². The molecule has 0 aromatic heterocycles. The fourth-order valence-corrected chi connectivity index (χ4v) is 2.71. The molecular formula is C19H20BrN3O4. The van der Waals surface area contributed by atoms with Crippen molar-refractivity contribution in [3.05, 3.63) is 68.2 Å². The van der Waals surface area contributed by atoms with Crippen LogP contribution >= 0.6 is 15.9 Å². The van der Waals surface area contributed by atoms with Gasteiger partial charge in [-0.1, -0.05) is 19.9 Å². The van der Waals surface area contributed by atoms with Crippen molar-refractivity contribution in [2.45, 2.75) is 26.7 Å². The van der Waals surface area contributed by atoms with E-state index in [-0.39, 0.29) is 12.3 Å². The number of rotatable bonds is 7. The highest BCUT2D eigenvalue weighted by Crippen LogP contribution is 2.28. The summed E-state index contributed by atoms with van der Waals surface area (Å²) in [6.45, 7) is 5.71. The molecule has 0 radical (unpaired) electrons. The lowest BCUT2D eigenvalue weighted by Crippen LogP contribution is -2.25. The van der Waals surface area contributed by atoms with Gasteiger partial charge in [0.05, 0.1) is 15.1 Å². The van der Waals surface area contributed by atoms with Crippen LogP contribution in [0.15, 0.2) is 52.0 Å². The predicted molar refractivity (Wildman–Crippen MR) is 107 cm³/mol. The Morgan fingerprint density at radius 3 is 2.48 bits per heavy atom. The van der Waals surface area contributed by atoms with Crippen molar-refractivity contribution in [2.24, 2.45) is 5.10 Å². The summed E-state index contributed by atoms with van der Waals surface area (Å²) in [5.41, 5.74) is 4.78. The Morgan fingerprint density at radius 2 is 1.93 bits per heavy atom. The number of nitro benzene ring substituents is 1. The van der Waals surface area contributed by atoms with Gasteiger partial charge in [-0.15, -0.1) is 0 Å². The normalized spacial score (nSPS) is 11.4. The topological polar surface area (TPSA) is 93.8 Å². The highest BCUT2D eigenvalue weighted by Gasteiger charge is 2.09. The van der Waals surface area contributed by atoms with Crippen LogP contribution in [0.3, 0.4) is 0 Å². The third-order valence-corrected chi connectivity index (χ3v) is 4.45. The van der Waals surface area contributed by atoms with Crippen molar-refractivity contribution in [2.75, 3.05) is 6.61 Å². The van der Waals surface area contributed by atoms with Crippen LogP contribution in [0, 0.1) is 10.1 Å². The summed E-state index contributed by atoms with van der Waals surface area (Å²) < 4.78 is 6.29. The monoisotopic (exact) mass is 433 g/mol. The number of halogens is 1. The molecule has 0 spiro atoms. The maximum absolute atomic E-state index is 11.9. The first-order valence-corrected chi connectivity index (χ1v) is 9.07. The minimum atomic E-state index is -0.471. The van der Waals surface area contributed by atoms with E-state index in [9.17, 15) is 14.9 Å². The molecule has 0 saturated carbocycles. The van der Waals surface area contributed by atoms with Gasteiger partial charge in [0.1, 0.15) is 5.75 Å². The zero-order valence-corrected chi connectivity index (χ0v) is 16.8. The third-order valence-electron chi connectivity index (χ3n) is 3.83. The van der Waals surface area contributed by atoms with Gasteiger partial charge in [0, 0.05) is 12.1 Å². The maximum Gasteiger partial charge on any atom is 0.277 e. The molecule has 1 amide bonds. The Morgan fingerprint density at radius 1 is 1.26 bits per heavy atom. The number of benzene rings is 2. The average Bonchev–Trinajstić information content (AvgIpc) is 2.64. The number of hydrazone groups is 1. The van der Waals surface area contributed by atoms with Crippen LogP contribution in [0.25, 0.3) is 0 Å². The second kappa shape index (κ2) is 9.27. The minimum Gasteiger partial charge on any atom is -0.483 e. The van der Waals surface area contributed by atoms with Gasteiger partial charge in [-0.3, -0.25) is 14.9 Å². The summed E-state index contributed by atoms with van der Waals surface area (Å²) in [7, 11) is 0. The molecular weight excluding hydrogens is 414 g/mol.